The zero-order chi connectivity index (χ0) is 22.1. The van der Waals surface area contributed by atoms with Gasteiger partial charge in [0.05, 0.1) is 13.2 Å². The van der Waals surface area contributed by atoms with Crippen molar-refractivity contribution in [1.29, 1.82) is 0 Å². The van der Waals surface area contributed by atoms with Crippen molar-refractivity contribution >= 4 is 17.5 Å². The number of anilines is 1. The van der Waals surface area contributed by atoms with Crippen molar-refractivity contribution in [1.82, 2.24) is 4.90 Å². The van der Waals surface area contributed by atoms with Crippen molar-refractivity contribution in [3.8, 4) is 11.5 Å². The van der Waals surface area contributed by atoms with E-state index in [1.54, 1.807) is 42.5 Å². The molecule has 1 N–H and O–H groups in total. The van der Waals surface area contributed by atoms with Gasteiger partial charge in [-0.05, 0) is 68.5 Å². The van der Waals surface area contributed by atoms with Gasteiger partial charge in [-0.3, -0.25) is 9.59 Å². The normalized spacial score (nSPS) is 13.5. The molecule has 0 spiro atoms. The lowest BCUT2D eigenvalue weighted by Crippen LogP contribution is -2.35. The Labute approximate surface area is 184 Å². The number of piperidine rings is 1. The van der Waals surface area contributed by atoms with Crippen LogP contribution in [0.15, 0.2) is 42.5 Å². The van der Waals surface area contributed by atoms with Crippen LogP contribution >= 0.6 is 0 Å². The van der Waals surface area contributed by atoms with Crippen LogP contribution in [0.1, 0.15) is 66.7 Å². The molecule has 6 heteroatoms. The Kier molecular flexibility index (Phi) is 8.33. The molecule has 1 aliphatic heterocycles. The molecule has 0 saturated carbocycles. The van der Waals surface area contributed by atoms with Crippen molar-refractivity contribution in [2.24, 2.45) is 0 Å². The number of nitrogens with zero attached hydrogens (tertiary/aromatic N) is 1. The molecule has 2 aromatic rings. The number of amides is 2. The summed E-state index contributed by atoms with van der Waals surface area (Å²) in [7, 11) is 0. The quantitative estimate of drug-likeness (QED) is 0.605. The van der Waals surface area contributed by atoms with E-state index in [-0.39, 0.29) is 11.8 Å². The van der Waals surface area contributed by atoms with Crippen molar-refractivity contribution in [3.05, 3.63) is 53.6 Å². The predicted octanol–water partition coefficient (Wildman–Crippen LogP) is 5.14. The van der Waals surface area contributed by atoms with Gasteiger partial charge in [0.2, 0.25) is 0 Å². The summed E-state index contributed by atoms with van der Waals surface area (Å²) in [5.41, 5.74) is 1.66. The molecule has 2 amide bonds. The number of hydrogen-bond donors (Lipinski definition) is 1. The number of likely N-dealkylation sites (tertiary alicyclic amines) is 1. The van der Waals surface area contributed by atoms with E-state index in [1.807, 2.05) is 18.7 Å². The number of benzene rings is 2. The first kappa shape index (κ1) is 22.7. The molecule has 1 aliphatic rings. The summed E-state index contributed by atoms with van der Waals surface area (Å²) in [5.74, 6) is 0.965. The van der Waals surface area contributed by atoms with Crippen LogP contribution in [0.25, 0.3) is 0 Å². The molecule has 0 radical (unpaired) electrons. The summed E-state index contributed by atoms with van der Waals surface area (Å²) in [4.78, 5) is 27.5. The Morgan fingerprint density at radius 1 is 0.871 bits per heavy atom. The number of rotatable bonds is 9. The van der Waals surface area contributed by atoms with Gasteiger partial charge < -0.3 is 19.7 Å². The molecular weight excluding hydrogens is 392 g/mol. The molecule has 1 fully saturated rings. The number of ether oxygens (including phenoxy) is 2. The molecule has 0 aliphatic carbocycles. The fourth-order valence-corrected chi connectivity index (χ4v) is 3.52. The third kappa shape index (κ3) is 6.23. The van der Waals surface area contributed by atoms with Gasteiger partial charge in [0.25, 0.3) is 11.8 Å². The molecule has 2 aromatic carbocycles. The van der Waals surface area contributed by atoms with Crippen LogP contribution in [-0.2, 0) is 0 Å². The van der Waals surface area contributed by atoms with Crippen molar-refractivity contribution < 1.29 is 19.1 Å². The average molecular weight is 425 g/mol. The largest absolute Gasteiger partial charge is 0.490 e. The molecule has 0 unspecified atom stereocenters. The molecule has 3 rings (SSSR count). The Morgan fingerprint density at radius 3 is 2.29 bits per heavy atom. The highest BCUT2D eigenvalue weighted by molar-refractivity contribution is 6.05. The molecule has 1 heterocycles. The summed E-state index contributed by atoms with van der Waals surface area (Å²) in [6, 6.07) is 12.3. The van der Waals surface area contributed by atoms with E-state index < -0.39 is 0 Å². The van der Waals surface area contributed by atoms with Gasteiger partial charge in [0.15, 0.2) is 11.5 Å². The average Bonchev–Trinajstić information content (AvgIpc) is 2.81. The molecule has 0 atom stereocenters. The minimum atomic E-state index is -0.258. The monoisotopic (exact) mass is 424 g/mol. The predicted molar refractivity (Wildman–Crippen MR) is 122 cm³/mol. The maximum atomic E-state index is 12.8. The highest BCUT2D eigenvalue weighted by atomic mass is 16.5. The third-order valence-corrected chi connectivity index (χ3v) is 5.14. The number of carbonyl (C=O) groups excluding carboxylic acids is 2. The third-order valence-electron chi connectivity index (χ3n) is 5.14. The van der Waals surface area contributed by atoms with Gasteiger partial charge in [-0.25, -0.2) is 0 Å². The topological polar surface area (TPSA) is 67.9 Å². The minimum Gasteiger partial charge on any atom is -0.490 e. The van der Waals surface area contributed by atoms with Crippen LogP contribution < -0.4 is 14.8 Å². The minimum absolute atomic E-state index is 0.0171. The number of hydrogen-bond acceptors (Lipinski definition) is 4. The smallest absolute Gasteiger partial charge is 0.255 e. The first-order valence-corrected chi connectivity index (χ1v) is 11.2. The van der Waals surface area contributed by atoms with Crippen LogP contribution in [-0.4, -0.2) is 43.0 Å². The van der Waals surface area contributed by atoms with E-state index in [0.29, 0.717) is 41.5 Å². The second-order valence-electron chi connectivity index (χ2n) is 7.75. The van der Waals surface area contributed by atoms with E-state index in [0.717, 1.165) is 38.8 Å². The van der Waals surface area contributed by atoms with Crippen LogP contribution in [0.5, 0.6) is 11.5 Å². The lowest BCUT2D eigenvalue weighted by atomic mass is 10.1. The van der Waals surface area contributed by atoms with Gasteiger partial charge in [-0.15, -0.1) is 0 Å². The molecule has 31 heavy (non-hydrogen) atoms. The Morgan fingerprint density at radius 2 is 1.58 bits per heavy atom. The molecule has 6 nitrogen and oxygen atoms in total. The summed E-state index contributed by atoms with van der Waals surface area (Å²) in [6.45, 7) is 6.80. The lowest BCUT2D eigenvalue weighted by molar-refractivity contribution is 0.0724. The Balaban J connectivity index is 1.72. The molecular formula is C25H32N2O4. The zero-order valence-corrected chi connectivity index (χ0v) is 18.5. The SMILES string of the molecule is CCCOc1ccc(C(=O)Nc2cccc(C(=O)N3CCCCC3)c2)cc1OCCC. The summed E-state index contributed by atoms with van der Waals surface area (Å²) < 4.78 is 11.5. The summed E-state index contributed by atoms with van der Waals surface area (Å²) >= 11 is 0. The van der Waals surface area contributed by atoms with Crippen molar-refractivity contribution in [2.75, 3.05) is 31.6 Å². The van der Waals surface area contributed by atoms with Gasteiger partial charge in [0.1, 0.15) is 0 Å². The van der Waals surface area contributed by atoms with Crippen molar-refractivity contribution in [2.45, 2.75) is 46.0 Å². The van der Waals surface area contributed by atoms with Crippen LogP contribution in [0, 0.1) is 0 Å². The van der Waals surface area contributed by atoms with E-state index in [2.05, 4.69) is 5.32 Å². The number of carbonyl (C=O) groups is 2. The number of nitrogens with one attached hydrogen (secondary N) is 1. The van der Waals surface area contributed by atoms with E-state index in [1.165, 1.54) is 6.42 Å². The van der Waals surface area contributed by atoms with Gasteiger partial charge in [0, 0.05) is 29.9 Å². The maximum Gasteiger partial charge on any atom is 0.255 e. The molecule has 1 saturated heterocycles. The molecule has 0 aromatic heterocycles. The van der Waals surface area contributed by atoms with E-state index in [9.17, 15) is 9.59 Å². The molecule has 0 bridgehead atoms. The zero-order valence-electron chi connectivity index (χ0n) is 18.5. The highest BCUT2D eigenvalue weighted by Gasteiger charge is 2.19. The fourth-order valence-electron chi connectivity index (χ4n) is 3.52. The summed E-state index contributed by atoms with van der Waals surface area (Å²) in [5, 5.41) is 2.90. The lowest BCUT2D eigenvalue weighted by Gasteiger charge is -2.26. The summed E-state index contributed by atoms with van der Waals surface area (Å²) in [6.07, 6.45) is 5.01. The second kappa shape index (κ2) is 11.4. The Bertz CT molecular complexity index is 891. The first-order valence-electron chi connectivity index (χ1n) is 11.2. The Hall–Kier alpha value is -3.02. The first-order chi connectivity index (χ1) is 15.1. The maximum absolute atomic E-state index is 12.8. The second-order valence-corrected chi connectivity index (χ2v) is 7.75. The van der Waals surface area contributed by atoms with E-state index in [4.69, 9.17) is 9.47 Å². The van der Waals surface area contributed by atoms with E-state index >= 15 is 0 Å². The van der Waals surface area contributed by atoms with Gasteiger partial charge in [-0.2, -0.15) is 0 Å². The van der Waals surface area contributed by atoms with Crippen LogP contribution in [0.3, 0.4) is 0 Å². The van der Waals surface area contributed by atoms with Gasteiger partial charge >= 0.3 is 0 Å². The fraction of sp³-hybridized carbons (Fsp3) is 0.440. The van der Waals surface area contributed by atoms with Crippen LogP contribution in [0.2, 0.25) is 0 Å². The standard InChI is InChI=1S/C25H32N2O4/c1-3-15-30-22-12-11-19(18-23(22)31-16-4-2)24(28)26-21-10-8-9-20(17-21)25(29)27-13-6-5-7-14-27/h8-12,17-18H,3-7,13-16H2,1-2H3,(H,26,28). The van der Waals surface area contributed by atoms with Crippen molar-refractivity contribution in [3.63, 3.8) is 0 Å². The highest BCUT2D eigenvalue weighted by Crippen LogP contribution is 2.29. The van der Waals surface area contributed by atoms with Gasteiger partial charge in [-0.1, -0.05) is 19.9 Å². The van der Waals surface area contributed by atoms with Crippen LogP contribution in [0.4, 0.5) is 5.69 Å². The molecule has 166 valence electrons.